The lowest BCUT2D eigenvalue weighted by Crippen LogP contribution is -2.28. The van der Waals surface area contributed by atoms with E-state index >= 15 is 0 Å². The van der Waals surface area contributed by atoms with E-state index < -0.39 is 0 Å². The van der Waals surface area contributed by atoms with Crippen molar-refractivity contribution in [3.63, 3.8) is 0 Å². The van der Waals surface area contributed by atoms with E-state index in [1.54, 1.807) is 0 Å². The molecule has 0 radical (unpaired) electrons. The third-order valence-corrected chi connectivity index (χ3v) is 3.08. The zero-order valence-corrected chi connectivity index (χ0v) is 11.5. The highest BCUT2D eigenvalue weighted by molar-refractivity contribution is 9.10. The minimum Gasteiger partial charge on any atom is -0.393 e. The van der Waals surface area contributed by atoms with Gasteiger partial charge in [0, 0.05) is 11.0 Å². The summed E-state index contributed by atoms with van der Waals surface area (Å²) in [5.41, 5.74) is 0.988. The third kappa shape index (κ3) is 5.84. The summed E-state index contributed by atoms with van der Waals surface area (Å²) in [6.07, 6.45) is 1.41. The predicted octanol–water partition coefficient (Wildman–Crippen LogP) is 2.27. The van der Waals surface area contributed by atoms with Gasteiger partial charge in [-0.2, -0.15) is 0 Å². The minimum absolute atomic E-state index is 0.00405. The molecule has 0 fully saturated rings. The number of nitrogens with one attached hydrogen (secondary N) is 1. The Labute approximate surface area is 110 Å². The first kappa shape index (κ1) is 14.2. The van der Waals surface area contributed by atoms with Crippen LogP contribution < -0.4 is 5.32 Å². The van der Waals surface area contributed by atoms with Gasteiger partial charge in [-0.05, 0) is 30.5 Å². The molecule has 94 valence electrons. The van der Waals surface area contributed by atoms with Gasteiger partial charge in [0.05, 0.1) is 12.5 Å². The molecule has 0 bridgehead atoms. The minimum atomic E-state index is -0.317. The SMILES string of the molecule is CCC(O)CCNC(=O)Cc1ccc(Br)cc1. The Morgan fingerprint density at radius 3 is 2.65 bits per heavy atom. The lowest BCUT2D eigenvalue weighted by Gasteiger charge is -2.08. The van der Waals surface area contributed by atoms with Gasteiger partial charge < -0.3 is 10.4 Å². The van der Waals surface area contributed by atoms with E-state index in [9.17, 15) is 9.90 Å². The van der Waals surface area contributed by atoms with Crippen LogP contribution in [0.3, 0.4) is 0 Å². The van der Waals surface area contributed by atoms with Crippen molar-refractivity contribution in [2.75, 3.05) is 6.54 Å². The van der Waals surface area contributed by atoms with Crippen LogP contribution in [0, 0.1) is 0 Å². The van der Waals surface area contributed by atoms with E-state index in [1.165, 1.54) is 0 Å². The number of aliphatic hydroxyl groups is 1. The second-order valence-electron chi connectivity index (χ2n) is 4.00. The molecule has 0 spiro atoms. The maximum absolute atomic E-state index is 11.6. The molecule has 1 rings (SSSR count). The highest BCUT2D eigenvalue weighted by Gasteiger charge is 2.04. The zero-order valence-electron chi connectivity index (χ0n) is 9.95. The summed E-state index contributed by atoms with van der Waals surface area (Å²) in [6.45, 7) is 2.46. The smallest absolute Gasteiger partial charge is 0.224 e. The van der Waals surface area contributed by atoms with Crippen molar-refractivity contribution >= 4 is 21.8 Å². The van der Waals surface area contributed by atoms with Crippen molar-refractivity contribution < 1.29 is 9.90 Å². The van der Waals surface area contributed by atoms with Gasteiger partial charge in [-0.3, -0.25) is 4.79 Å². The molecular weight excluding hydrogens is 282 g/mol. The number of carbonyl (C=O) groups is 1. The van der Waals surface area contributed by atoms with Crippen LogP contribution in [0.4, 0.5) is 0 Å². The fraction of sp³-hybridized carbons (Fsp3) is 0.462. The lowest BCUT2D eigenvalue weighted by molar-refractivity contribution is -0.120. The Morgan fingerprint density at radius 2 is 2.06 bits per heavy atom. The molecule has 4 heteroatoms. The summed E-state index contributed by atoms with van der Waals surface area (Å²) in [5, 5.41) is 12.1. The highest BCUT2D eigenvalue weighted by atomic mass is 79.9. The predicted molar refractivity (Wildman–Crippen MR) is 71.8 cm³/mol. The van der Waals surface area contributed by atoms with E-state index in [4.69, 9.17) is 0 Å². The molecule has 0 aromatic heterocycles. The number of hydrogen-bond acceptors (Lipinski definition) is 2. The molecule has 17 heavy (non-hydrogen) atoms. The molecule has 0 aliphatic heterocycles. The quantitative estimate of drug-likeness (QED) is 0.846. The van der Waals surface area contributed by atoms with Gasteiger partial charge in [0.2, 0.25) is 5.91 Å². The molecular formula is C13H18BrNO2. The Hall–Kier alpha value is -0.870. The summed E-state index contributed by atoms with van der Waals surface area (Å²) in [7, 11) is 0. The second-order valence-corrected chi connectivity index (χ2v) is 4.92. The molecule has 1 aromatic rings. The molecule has 2 N–H and O–H groups in total. The van der Waals surface area contributed by atoms with Crippen LogP contribution in [0.2, 0.25) is 0 Å². The van der Waals surface area contributed by atoms with Crippen molar-refractivity contribution in [2.45, 2.75) is 32.3 Å². The van der Waals surface area contributed by atoms with Gasteiger partial charge in [0.15, 0.2) is 0 Å². The molecule has 0 aliphatic carbocycles. The fourth-order valence-electron chi connectivity index (χ4n) is 1.43. The number of rotatable bonds is 6. The van der Waals surface area contributed by atoms with Crippen LogP contribution in [0.25, 0.3) is 0 Å². The Kier molecular flexibility index (Phi) is 6.22. The summed E-state index contributed by atoms with van der Waals surface area (Å²) in [6, 6.07) is 7.68. The van der Waals surface area contributed by atoms with Crippen molar-refractivity contribution in [1.82, 2.24) is 5.32 Å². The molecule has 1 unspecified atom stereocenters. The molecule has 0 aliphatic rings. The molecule has 1 atom stereocenters. The van der Waals surface area contributed by atoms with Crippen molar-refractivity contribution in [3.8, 4) is 0 Å². The van der Waals surface area contributed by atoms with E-state index in [1.807, 2.05) is 31.2 Å². The Bertz CT molecular complexity index is 351. The summed E-state index contributed by atoms with van der Waals surface area (Å²) < 4.78 is 1.01. The van der Waals surface area contributed by atoms with E-state index in [0.717, 1.165) is 16.5 Å². The van der Waals surface area contributed by atoms with Crippen molar-refractivity contribution in [1.29, 1.82) is 0 Å². The molecule has 0 saturated heterocycles. The van der Waals surface area contributed by atoms with Gasteiger partial charge in [0.1, 0.15) is 0 Å². The normalized spacial score (nSPS) is 12.2. The molecule has 0 heterocycles. The van der Waals surface area contributed by atoms with Crippen LogP contribution in [-0.2, 0) is 11.2 Å². The van der Waals surface area contributed by atoms with Crippen LogP contribution in [0.1, 0.15) is 25.3 Å². The first-order valence-corrected chi connectivity index (χ1v) is 6.60. The molecule has 1 amide bonds. The van der Waals surface area contributed by atoms with Gasteiger partial charge >= 0.3 is 0 Å². The molecule has 0 saturated carbocycles. The third-order valence-electron chi connectivity index (χ3n) is 2.55. The monoisotopic (exact) mass is 299 g/mol. The standard InChI is InChI=1S/C13H18BrNO2/c1-2-12(16)7-8-15-13(17)9-10-3-5-11(14)6-4-10/h3-6,12,16H,2,7-9H2,1H3,(H,15,17). The number of hydrogen-bond donors (Lipinski definition) is 2. The van der Waals surface area contributed by atoms with E-state index in [0.29, 0.717) is 19.4 Å². The summed E-state index contributed by atoms with van der Waals surface area (Å²) in [5.74, 6) is -0.00405. The summed E-state index contributed by atoms with van der Waals surface area (Å²) >= 11 is 3.35. The van der Waals surface area contributed by atoms with E-state index in [2.05, 4.69) is 21.2 Å². The maximum atomic E-state index is 11.6. The van der Waals surface area contributed by atoms with Crippen molar-refractivity contribution in [3.05, 3.63) is 34.3 Å². The topological polar surface area (TPSA) is 49.3 Å². The van der Waals surface area contributed by atoms with Gasteiger partial charge in [-0.1, -0.05) is 35.0 Å². The van der Waals surface area contributed by atoms with Crippen LogP contribution in [0.5, 0.6) is 0 Å². The first-order valence-electron chi connectivity index (χ1n) is 5.81. The van der Waals surface area contributed by atoms with Crippen LogP contribution >= 0.6 is 15.9 Å². The largest absolute Gasteiger partial charge is 0.393 e. The molecule has 1 aromatic carbocycles. The fourth-order valence-corrected chi connectivity index (χ4v) is 1.70. The molecule has 3 nitrogen and oxygen atoms in total. The highest BCUT2D eigenvalue weighted by Crippen LogP contribution is 2.10. The van der Waals surface area contributed by atoms with Gasteiger partial charge in [-0.15, -0.1) is 0 Å². The average Bonchev–Trinajstić information content (AvgIpc) is 2.32. The van der Waals surface area contributed by atoms with Gasteiger partial charge in [0.25, 0.3) is 0 Å². The number of benzene rings is 1. The first-order chi connectivity index (χ1) is 8.11. The Balaban J connectivity index is 2.27. The number of carbonyl (C=O) groups excluding carboxylic acids is 1. The van der Waals surface area contributed by atoms with Crippen molar-refractivity contribution in [2.24, 2.45) is 0 Å². The second kappa shape index (κ2) is 7.45. The van der Waals surface area contributed by atoms with Crippen LogP contribution in [-0.4, -0.2) is 23.7 Å². The lowest BCUT2D eigenvalue weighted by atomic mass is 10.1. The van der Waals surface area contributed by atoms with Gasteiger partial charge in [-0.25, -0.2) is 0 Å². The maximum Gasteiger partial charge on any atom is 0.224 e. The van der Waals surface area contributed by atoms with E-state index in [-0.39, 0.29) is 12.0 Å². The Morgan fingerprint density at radius 1 is 1.41 bits per heavy atom. The number of halogens is 1. The summed E-state index contributed by atoms with van der Waals surface area (Å²) in [4.78, 5) is 11.6. The zero-order chi connectivity index (χ0) is 12.7. The average molecular weight is 300 g/mol. The number of aliphatic hydroxyl groups excluding tert-OH is 1. The van der Waals surface area contributed by atoms with Crippen LogP contribution in [0.15, 0.2) is 28.7 Å². The number of amides is 1.